The number of sulfone groups is 1. The molecular weight excluding hydrogens is 365 g/mol. The van der Waals surface area contributed by atoms with Crippen molar-refractivity contribution < 1.29 is 21.6 Å². The van der Waals surface area contributed by atoms with Gasteiger partial charge in [0.05, 0.1) is 10.5 Å². The van der Waals surface area contributed by atoms with E-state index < -0.39 is 21.6 Å². The first-order chi connectivity index (χ1) is 12.2. The minimum absolute atomic E-state index is 0.00181. The summed E-state index contributed by atoms with van der Waals surface area (Å²) in [5.41, 5.74) is -0.458. The number of benzene rings is 1. The molecule has 8 heteroatoms. The van der Waals surface area contributed by atoms with Crippen molar-refractivity contribution >= 4 is 15.7 Å². The van der Waals surface area contributed by atoms with Crippen LogP contribution in [0.3, 0.4) is 0 Å². The minimum atomic E-state index is -4.53. The van der Waals surface area contributed by atoms with Gasteiger partial charge in [0, 0.05) is 31.1 Å². The molecular formula is C18H19F3N2O2S. The van der Waals surface area contributed by atoms with Crippen LogP contribution in [-0.2, 0) is 16.0 Å². The first kappa shape index (κ1) is 18.7. The van der Waals surface area contributed by atoms with Crippen LogP contribution in [0.1, 0.15) is 24.8 Å². The highest BCUT2D eigenvalue weighted by Crippen LogP contribution is 2.42. The molecule has 0 spiro atoms. The Morgan fingerprint density at radius 3 is 2.15 bits per heavy atom. The van der Waals surface area contributed by atoms with E-state index in [1.165, 1.54) is 30.5 Å². The summed E-state index contributed by atoms with van der Waals surface area (Å²) >= 11 is 0. The molecule has 1 aliphatic rings. The fourth-order valence-electron chi connectivity index (χ4n) is 3.19. The maximum Gasteiger partial charge on any atom is 0.417 e. The van der Waals surface area contributed by atoms with E-state index in [1.807, 2.05) is 4.90 Å². The van der Waals surface area contributed by atoms with E-state index in [1.54, 1.807) is 0 Å². The average Bonchev–Trinajstić information content (AvgIpc) is 2.60. The Balaban J connectivity index is 2.16. The highest BCUT2D eigenvalue weighted by atomic mass is 32.2. The third-order valence-electron chi connectivity index (χ3n) is 4.46. The third kappa shape index (κ3) is 3.85. The lowest BCUT2D eigenvalue weighted by Gasteiger charge is -2.30. The molecule has 0 N–H and O–H groups in total. The fourth-order valence-corrected chi connectivity index (χ4v) is 3.82. The minimum Gasteiger partial charge on any atom is -0.356 e. The van der Waals surface area contributed by atoms with E-state index in [9.17, 15) is 21.6 Å². The van der Waals surface area contributed by atoms with Gasteiger partial charge in [0.2, 0.25) is 0 Å². The quantitative estimate of drug-likeness (QED) is 0.797. The van der Waals surface area contributed by atoms with Crippen LogP contribution in [0.25, 0.3) is 11.1 Å². The summed E-state index contributed by atoms with van der Waals surface area (Å²) in [5.74, 6) is 0.298. The highest BCUT2D eigenvalue weighted by Gasteiger charge is 2.36. The molecule has 0 atom stereocenters. The highest BCUT2D eigenvalue weighted by molar-refractivity contribution is 7.90. The molecule has 3 rings (SSSR count). The van der Waals surface area contributed by atoms with Gasteiger partial charge in [-0.05, 0) is 43.0 Å². The molecule has 0 aliphatic carbocycles. The lowest BCUT2D eigenvalue weighted by atomic mass is 9.99. The molecule has 0 amide bonds. The monoisotopic (exact) mass is 384 g/mol. The second-order valence-electron chi connectivity index (χ2n) is 6.40. The van der Waals surface area contributed by atoms with Gasteiger partial charge in [0.25, 0.3) is 0 Å². The number of anilines is 1. The van der Waals surface area contributed by atoms with Crippen molar-refractivity contribution in [2.75, 3.05) is 24.2 Å². The number of rotatable bonds is 3. The van der Waals surface area contributed by atoms with Crippen LogP contribution >= 0.6 is 0 Å². The smallest absolute Gasteiger partial charge is 0.356 e. The molecule has 2 aromatic rings. The number of aromatic nitrogens is 1. The molecule has 1 aliphatic heterocycles. The number of pyridine rings is 1. The predicted octanol–water partition coefficient (Wildman–Crippen LogP) is 4.16. The fraction of sp³-hybridized carbons (Fsp3) is 0.389. The number of piperidine rings is 1. The van der Waals surface area contributed by atoms with Crippen LogP contribution < -0.4 is 4.90 Å². The topological polar surface area (TPSA) is 50.3 Å². The average molecular weight is 384 g/mol. The SMILES string of the molecule is CS(=O)(=O)c1ccc(-c2c(C(F)(F)F)ccnc2N2CCCCC2)cc1. The van der Waals surface area contributed by atoms with Crippen molar-refractivity contribution in [2.24, 2.45) is 0 Å². The molecule has 0 bridgehead atoms. The molecule has 4 nitrogen and oxygen atoms in total. The second kappa shape index (κ2) is 6.90. The maximum absolute atomic E-state index is 13.6. The van der Waals surface area contributed by atoms with Gasteiger partial charge in [-0.25, -0.2) is 13.4 Å². The summed E-state index contributed by atoms with van der Waals surface area (Å²) in [6.07, 6.45) is 0.578. The summed E-state index contributed by atoms with van der Waals surface area (Å²) in [7, 11) is -3.42. The first-order valence-corrected chi connectivity index (χ1v) is 10.2. The van der Waals surface area contributed by atoms with Crippen molar-refractivity contribution in [1.29, 1.82) is 0 Å². The lowest BCUT2D eigenvalue weighted by Crippen LogP contribution is -2.31. The third-order valence-corrected chi connectivity index (χ3v) is 5.59. The molecule has 26 heavy (non-hydrogen) atoms. The van der Waals surface area contributed by atoms with E-state index in [-0.39, 0.29) is 10.5 Å². The van der Waals surface area contributed by atoms with E-state index >= 15 is 0 Å². The van der Waals surface area contributed by atoms with Crippen LogP contribution in [0, 0.1) is 0 Å². The van der Waals surface area contributed by atoms with Crippen molar-refractivity contribution in [3.8, 4) is 11.1 Å². The predicted molar refractivity (Wildman–Crippen MR) is 93.8 cm³/mol. The zero-order valence-corrected chi connectivity index (χ0v) is 15.1. The molecule has 1 aromatic heterocycles. The Labute approximate surface area is 150 Å². The Morgan fingerprint density at radius 1 is 1.00 bits per heavy atom. The summed E-state index contributed by atoms with van der Waals surface area (Å²) in [6, 6.07) is 6.45. The van der Waals surface area contributed by atoms with Crippen molar-refractivity contribution in [3.05, 3.63) is 42.1 Å². The van der Waals surface area contributed by atoms with E-state index in [4.69, 9.17) is 0 Å². The Hall–Kier alpha value is -2.09. The molecule has 0 radical (unpaired) electrons. The zero-order valence-electron chi connectivity index (χ0n) is 14.3. The second-order valence-corrected chi connectivity index (χ2v) is 8.41. The van der Waals surface area contributed by atoms with Crippen molar-refractivity contribution in [1.82, 2.24) is 4.98 Å². The molecule has 0 unspecified atom stereocenters. The van der Waals surface area contributed by atoms with Crippen LogP contribution in [0.5, 0.6) is 0 Å². The largest absolute Gasteiger partial charge is 0.417 e. The van der Waals surface area contributed by atoms with Gasteiger partial charge in [-0.3, -0.25) is 0 Å². The summed E-state index contributed by atoms with van der Waals surface area (Å²) in [4.78, 5) is 6.17. The molecule has 1 saturated heterocycles. The van der Waals surface area contributed by atoms with Crippen molar-refractivity contribution in [3.63, 3.8) is 0 Å². The van der Waals surface area contributed by atoms with Gasteiger partial charge in [-0.15, -0.1) is 0 Å². The van der Waals surface area contributed by atoms with E-state index in [2.05, 4.69) is 4.98 Å². The van der Waals surface area contributed by atoms with Crippen LogP contribution in [0.2, 0.25) is 0 Å². The zero-order chi connectivity index (χ0) is 18.9. The van der Waals surface area contributed by atoms with Gasteiger partial charge in [-0.2, -0.15) is 13.2 Å². The first-order valence-electron chi connectivity index (χ1n) is 8.29. The molecule has 2 heterocycles. The Morgan fingerprint density at radius 2 is 1.62 bits per heavy atom. The van der Waals surface area contributed by atoms with Crippen LogP contribution in [-0.4, -0.2) is 32.7 Å². The number of alkyl halides is 3. The van der Waals surface area contributed by atoms with Crippen LogP contribution in [0.15, 0.2) is 41.4 Å². The Kier molecular flexibility index (Phi) is 4.96. The number of hydrogen-bond donors (Lipinski definition) is 0. The van der Waals surface area contributed by atoms with Gasteiger partial charge < -0.3 is 4.90 Å². The molecule has 140 valence electrons. The number of nitrogens with zero attached hydrogens (tertiary/aromatic N) is 2. The van der Waals surface area contributed by atoms with Crippen LogP contribution in [0.4, 0.5) is 19.0 Å². The lowest BCUT2D eigenvalue weighted by molar-refractivity contribution is -0.137. The Bertz CT molecular complexity index is 888. The van der Waals surface area contributed by atoms with Gasteiger partial charge in [-0.1, -0.05) is 12.1 Å². The van der Waals surface area contributed by atoms with Gasteiger partial charge in [0.1, 0.15) is 5.82 Å². The summed E-state index contributed by atoms with van der Waals surface area (Å²) in [5, 5.41) is 0. The molecule has 1 fully saturated rings. The maximum atomic E-state index is 13.6. The standard InChI is InChI=1S/C18H19F3N2O2S/c1-26(24,25)14-7-5-13(6-8-14)16-15(18(19,20)21)9-10-22-17(16)23-11-3-2-4-12-23/h5-10H,2-4,11-12H2,1H3. The molecule has 0 saturated carbocycles. The summed E-state index contributed by atoms with van der Waals surface area (Å²) < 4.78 is 64.1. The number of halogens is 3. The van der Waals surface area contributed by atoms with Crippen molar-refractivity contribution in [2.45, 2.75) is 30.3 Å². The van der Waals surface area contributed by atoms with E-state index in [0.29, 0.717) is 24.5 Å². The molecule has 1 aromatic carbocycles. The van der Waals surface area contributed by atoms with Gasteiger partial charge in [0.15, 0.2) is 9.84 Å². The van der Waals surface area contributed by atoms with E-state index in [0.717, 1.165) is 31.6 Å². The summed E-state index contributed by atoms with van der Waals surface area (Å²) in [6.45, 7) is 1.31. The number of hydrogen-bond acceptors (Lipinski definition) is 4. The normalized spacial score (nSPS) is 15.9. The van der Waals surface area contributed by atoms with Gasteiger partial charge >= 0.3 is 6.18 Å².